The van der Waals surface area contributed by atoms with Gasteiger partial charge in [0, 0.05) is 23.3 Å². The molecular weight excluding hydrogens is 250 g/mol. The van der Waals surface area contributed by atoms with Gasteiger partial charge in [0.25, 0.3) is 0 Å². The van der Waals surface area contributed by atoms with Crippen LogP contribution in [0.2, 0.25) is 5.02 Å². The highest BCUT2D eigenvalue weighted by Crippen LogP contribution is 2.20. The van der Waals surface area contributed by atoms with Gasteiger partial charge in [0.1, 0.15) is 5.75 Å². The molecule has 0 spiro atoms. The SMILES string of the molecule is OCC(COc1cccc(Cl)c1)c1ccncc1. The molecule has 1 heterocycles. The van der Waals surface area contributed by atoms with Crippen LogP contribution in [0.1, 0.15) is 11.5 Å². The maximum absolute atomic E-state index is 9.39. The first kappa shape index (κ1) is 12.9. The predicted octanol–water partition coefficient (Wildman–Crippen LogP) is 2.89. The third kappa shape index (κ3) is 3.45. The van der Waals surface area contributed by atoms with Gasteiger partial charge in [0.05, 0.1) is 13.2 Å². The number of nitrogens with zero attached hydrogens (tertiary/aromatic N) is 1. The van der Waals surface area contributed by atoms with Crippen molar-refractivity contribution in [1.82, 2.24) is 4.98 Å². The number of aliphatic hydroxyl groups excluding tert-OH is 1. The highest BCUT2D eigenvalue weighted by atomic mass is 35.5. The normalized spacial score (nSPS) is 12.1. The monoisotopic (exact) mass is 263 g/mol. The number of aliphatic hydroxyl groups is 1. The molecule has 0 saturated heterocycles. The number of hydrogen-bond donors (Lipinski definition) is 1. The van der Waals surface area contributed by atoms with Gasteiger partial charge in [0.2, 0.25) is 0 Å². The molecule has 0 saturated carbocycles. The molecule has 18 heavy (non-hydrogen) atoms. The second-order valence-corrected chi connectivity index (χ2v) is 4.36. The Morgan fingerprint density at radius 2 is 2.00 bits per heavy atom. The van der Waals surface area contributed by atoms with Crippen molar-refractivity contribution in [2.45, 2.75) is 5.92 Å². The molecular formula is C14H14ClNO2. The fraction of sp³-hybridized carbons (Fsp3) is 0.214. The van der Waals surface area contributed by atoms with E-state index in [-0.39, 0.29) is 12.5 Å². The summed E-state index contributed by atoms with van der Waals surface area (Å²) in [7, 11) is 0. The number of pyridine rings is 1. The fourth-order valence-corrected chi connectivity index (χ4v) is 1.82. The first-order valence-electron chi connectivity index (χ1n) is 5.68. The smallest absolute Gasteiger partial charge is 0.120 e. The van der Waals surface area contributed by atoms with E-state index in [4.69, 9.17) is 16.3 Å². The lowest BCUT2D eigenvalue weighted by molar-refractivity contribution is 0.205. The zero-order valence-corrected chi connectivity index (χ0v) is 10.5. The molecule has 3 nitrogen and oxygen atoms in total. The van der Waals surface area contributed by atoms with Crippen molar-refractivity contribution in [1.29, 1.82) is 0 Å². The Morgan fingerprint density at radius 1 is 1.22 bits per heavy atom. The molecule has 0 aliphatic heterocycles. The van der Waals surface area contributed by atoms with E-state index >= 15 is 0 Å². The van der Waals surface area contributed by atoms with Crippen molar-refractivity contribution in [2.75, 3.05) is 13.2 Å². The van der Waals surface area contributed by atoms with Gasteiger partial charge in [-0.1, -0.05) is 17.7 Å². The Bertz CT molecular complexity index is 490. The number of halogens is 1. The van der Waals surface area contributed by atoms with Crippen LogP contribution in [0, 0.1) is 0 Å². The number of rotatable bonds is 5. The quantitative estimate of drug-likeness (QED) is 0.902. The summed E-state index contributed by atoms with van der Waals surface area (Å²) >= 11 is 5.87. The second kappa shape index (κ2) is 6.38. The maximum atomic E-state index is 9.39. The van der Waals surface area contributed by atoms with E-state index in [1.54, 1.807) is 24.5 Å². The van der Waals surface area contributed by atoms with Gasteiger partial charge in [0.15, 0.2) is 0 Å². The van der Waals surface area contributed by atoms with Gasteiger partial charge in [-0.05, 0) is 35.9 Å². The summed E-state index contributed by atoms with van der Waals surface area (Å²) < 4.78 is 5.63. The van der Waals surface area contributed by atoms with Crippen LogP contribution in [0.25, 0.3) is 0 Å². The molecule has 0 bridgehead atoms. The molecule has 2 aromatic rings. The Hall–Kier alpha value is -1.58. The first-order chi connectivity index (χ1) is 8.79. The zero-order chi connectivity index (χ0) is 12.8. The minimum absolute atomic E-state index is 0.0323. The minimum Gasteiger partial charge on any atom is -0.493 e. The first-order valence-corrected chi connectivity index (χ1v) is 6.06. The Morgan fingerprint density at radius 3 is 2.67 bits per heavy atom. The van der Waals surface area contributed by atoms with E-state index < -0.39 is 0 Å². The highest BCUT2D eigenvalue weighted by molar-refractivity contribution is 6.30. The van der Waals surface area contributed by atoms with E-state index in [0.29, 0.717) is 17.4 Å². The molecule has 0 amide bonds. The number of hydrogen-bond acceptors (Lipinski definition) is 3. The Kier molecular flexibility index (Phi) is 4.56. The van der Waals surface area contributed by atoms with Crippen LogP contribution in [-0.2, 0) is 0 Å². The van der Waals surface area contributed by atoms with Crippen molar-refractivity contribution in [3.05, 3.63) is 59.4 Å². The largest absolute Gasteiger partial charge is 0.493 e. The van der Waals surface area contributed by atoms with Crippen molar-refractivity contribution < 1.29 is 9.84 Å². The van der Waals surface area contributed by atoms with Crippen molar-refractivity contribution in [3.63, 3.8) is 0 Å². The Labute approximate surface area is 111 Å². The lowest BCUT2D eigenvalue weighted by atomic mass is 10.0. The highest BCUT2D eigenvalue weighted by Gasteiger charge is 2.11. The molecule has 1 N–H and O–H groups in total. The van der Waals surface area contributed by atoms with Gasteiger partial charge in [-0.2, -0.15) is 0 Å². The number of ether oxygens (including phenoxy) is 1. The third-order valence-electron chi connectivity index (χ3n) is 2.65. The predicted molar refractivity (Wildman–Crippen MR) is 71.0 cm³/mol. The van der Waals surface area contributed by atoms with Gasteiger partial charge in [-0.15, -0.1) is 0 Å². The molecule has 4 heteroatoms. The topological polar surface area (TPSA) is 42.4 Å². The van der Waals surface area contributed by atoms with Crippen LogP contribution in [0.3, 0.4) is 0 Å². The van der Waals surface area contributed by atoms with Gasteiger partial charge >= 0.3 is 0 Å². The standard InChI is InChI=1S/C14H14ClNO2/c15-13-2-1-3-14(8-13)18-10-12(9-17)11-4-6-16-7-5-11/h1-8,12,17H,9-10H2. The van der Waals surface area contributed by atoms with Crippen LogP contribution >= 0.6 is 11.6 Å². The molecule has 0 aliphatic carbocycles. The van der Waals surface area contributed by atoms with Crippen LogP contribution in [-0.4, -0.2) is 23.3 Å². The van der Waals surface area contributed by atoms with E-state index in [1.807, 2.05) is 24.3 Å². The second-order valence-electron chi connectivity index (χ2n) is 3.93. The molecule has 1 unspecified atom stereocenters. The zero-order valence-electron chi connectivity index (χ0n) is 9.79. The lowest BCUT2D eigenvalue weighted by Gasteiger charge is -2.15. The van der Waals surface area contributed by atoms with Crippen molar-refractivity contribution >= 4 is 11.6 Å². The van der Waals surface area contributed by atoms with Crippen molar-refractivity contribution in [2.24, 2.45) is 0 Å². The van der Waals surface area contributed by atoms with Crippen LogP contribution < -0.4 is 4.74 Å². The average molecular weight is 264 g/mol. The van der Waals surface area contributed by atoms with E-state index in [1.165, 1.54) is 0 Å². The summed E-state index contributed by atoms with van der Waals surface area (Å²) in [5, 5.41) is 10.0. The fourth-order valence-electron chi connectivity index (χ4n) is 1.64. The van der Waals surface area contributed by atoms with E-state index in [0.717, 1.165) is 5.56 Å². The molecule has 2 rings (SSSR count). The van der Waals surface area contributed by atoms with E-state index in [2.05, 4.69) is 4.98 Å². The number of benzene rings is 1. The molecule has 1 aromatic carbocycles. The van der Waals surface area contributed by atoms with Crippen LogP contribution in [0.5, 0.6) is 5.75 Å². The summed E-state index contributed by atoms with van der Waals surface area (Å²) in [5.74, 6) is 0.641. The minimum atomic E-state index is -0.0630. The molecule has 94 valence electrons. The summed E-state index contributed by atoms with van der Waals surface area (Å²) in [6.07, 6.45) is 3.41. The maximum Gasteiger partial charge on any atom is 0.120 e. The van der Waals surface area contributed by atoms with Crippen LogP contribution in [0.4, 0.5) is 0 Å². The summed E-state index contributed by atoms with van der Waals surface area (Å²) in [4.78, 5) is 3.95. The van der Waals surface area contributed by atoms with Gasteiger partial charge < -0.3 is 9.84 Å². The van der Waals surface area contributed by atoms with Gasteiger partial charge in [-0.3, -0.25) is 4.98 Å². The van der Waals surface area contributed by atoms with E-state index in [9.17, 15) is 5.11 Å². The molecule has 1 atom stereocenters. The lowest BCUT2D eigenvalue weighted by Crippen LogP contribution is -2.14. The molecule has 0 aliphatic rings. The average Bonchev–Trinajstić information content (AvgIpc) is 2.41. The number of aromatic nitrogens is 1. The summed E-state index contributed by atoms with van der Waals surface area (Å²) in [6, 6.07) is 11.0. The van der Waals surface area contributed by atoms with Crippen LogP contribution in [0.15, 0.2) is 48.8 Å². The molecule has 0 fully saturated rings. The summed E-state index contributed by atoms with van der Waals surface area (Å²) in [6.45, 7) is 0.436. The third-order valence-corrected chi connectivity index (χ3v) is 2.88. The summed E-state index contributed by atoms with van der Waals surface area (Å²) in [5.41, 5.74) is 1.01. The molecule has 0 radical (unpaired) electrons. The Balaban J connectivity index is 2.00. The molecule has 1 aromatic heterocycles. The van der Waals surface area contributed by atoms with Gasteiger partial charge in [-0.25, -0.2) is 0 Å². The van der Waals surface area contributed by atoms with Crippen molar-refractivity contribution in [3.8, 4) is 5.75 Å².